The van der Waals surface area contributed by atoms with Gasteiger partial charge in [-0.15, -0.1) is 0 Å². The fourth-order valence-electron chi connectivity index (χ4n) is 2.19. The maximum Gasteiger partial charge on any atom is 0.400 e. The first-order valence-electron chi connectivity index (χ1n) is 7.02. The molecule has 0 aliphatic heterocycles. The monoisotopic (exact) mass is 381 g/mol. The molecule has 5 nitrogen and oxygen atoms in total. The molecule has 0 bridgehead atoms. The lowest BCUT2D eigenvalue weighted by Crippen LogP contribution is -2.20. The van der Waals surface area contributed by atoms with E-state index in [0.29, 0.717) is 0 Å². The summed E-state index contributed by atoms with van der Waals surface area (Å²) in [5.41, 5.74) is 0.388. The van der Waals surface area contributed by atoms with Crippen LogP contribution in [0.3, 0.4) is 0 Å². The van der Waals surface area contributed by atoms with Crippen molar-refractivity contribution in [1.82, 2.24) is 15.2 Å². The average Bonchev–Trinajstić information content (AvgIpc) is 2.88. The molecule has 24 heavy (non-hydrogen) atoms. The smallest absolute Gasteiger partial charge is 0.331 e. The molecule has 1 unspecified atom stereocenters. The van der Waals surface area contributed by atoms with Gasteiger partial charge in [-0.2, -0.15) is 13.8 Å². The van der Waals surface area contributed by atoms with E-state index in [0.717, 1.165) is 6.07 Å². The van der Waals surface area contributed by atoms with E-state index >= 15 is 0 Å². The molecule has 10 heteroatoms. The van der Waals surface area contributed by atoms with Crippen LogP contribution in [0.25, 0.3) is 11.4 Å². The van der Waals surface area contributed by atoms with Gasteiger partial charge in [0, 0.05) is 24.4 Å². The number of aromatic nitrogens is 2. The average molecular weight is 382 g/mol. The van der Waals surface area contributed by atoms with Crippen LogP contribution in [0.2, 0.25) is 0 Å². The topological polar surface area (TPSA) is 68.0 Å². The predicted molar refractivity (Wildman–Crippen MR) is 84.9 cm³/mol. The van der Waals surface area contributed by atoms with Crippen molar-refractivity contribution in [3.63, 3.8) is 0 Å². The van der Waals surface area contributed by atoms with Crippen molar-refractivity contribution < 1.29 is 22.3 Å². The third-order valence-electron chi connectivity index (χ3n) is 2.98. The van der Waals surface area contributed by atoms with E-state index in [1.807, 2.05) is 13.8 Å². The van der Waals surface area contributed by atoms with Gasteiger partial charge in [-0.05, 0) is 37.1 Å². The second kappa shape index (κ2) is 6.86. The van der Waals surface area contributed by atoms with Gasteiger partial charge in [0.1, 0.15) is 13.1 Å². The summed E-state index contributed by atoms with van der Waals surface area (Å²) in [6, 6.07) is 3.93. The minimum absolute atomic E-state index is 0.00172. The summed E-state index contributed by atoms with van der Waals surface area (Å²) < 4.78 is 56.7. The van der Waals surface area contributed by atoms with Crippen molar-refractivity contribution in [2.24, 2.45) is 0 Å². The lowest BCUT2D eigenvalue weighted by molar-refractivity contribution is 0.0551. The molecule has 0 saturated carbocycles. The molecule has 0 aliphatic rings. The number of rotatable bonds is 6. The van der Waals surface area contributed by atoms with Crippen molar-refractivity contribution in [3.8, 4) is 11.4 Å². The molecule has 0 aliphatic carbocycles. The molecule has 132 valence electrons. The van der Waals surface area contributed by atoms with Crippen molar-refractivity contribution >= 4 is 18.9 Å². The first-order valence-corrected chi connectivity index (χ1v) is 9.74. The van der Waals surface area contributed by atoms with Gasteiger partial charge >= 0.3 is 11.3 Å². The Morgan fingerprint density at radius 2 is 2.08 bits per heavy atom. The highest BCUT2D eigenvalue weighted by Gasteiger charge is 2.35. The number of nitrogens with zero attached hydrogens (tertiary/aromatic N) is 2. The summed E-state index contributed by atoms with van der Waals surface area (Å²) in [4.78, 5) is 3.44. The highest BCUT2D eigenvalue weighted by Crippen LogP contribution is 2.42. The van der Waals surface area contributed by atoms with Crippen LogP contribution in [0.5, 0.6) is 0 Å². The maximum absolute atomic E-state index is 14.2. The summed E-state index contributed by atoms with van der Waals surface area (Å²) in [6.07, 6.45) is 0.0224. The largest absolute Gasteiger partial charge is 0.400 e. The molecule has 1 aromatic carbocycles. The van der Waals surface area contributed by atoms with Crippen LogP contribution >= 0.6 is 18.9 Å². The summed E-state index contributed by atoms with van der Waals surface area (Å²) in [7, 11) is -2.76. The first kappa shape index (κ1) is 19.0. The fourth-order valence-corrected chi connectivity index (χ4v) is 4.35. The number of hydrogen-bond acceptors (Lipinski definition) is 4. The van der Waals surface area contributed by atoms with Gasteiger partial charge in [0.15, 0.2) is 0 Å². The van der Waals surface area contributed by atoms with Crippen LogP contribution in [-0.4, -0.2) is 22.8 Å². The van der Waals surface area contributed by atoms with Crippen LogP contribution in [0.1, 0.15) is 25.3 Å². The van der Waals surface area contributed by atoms with Gasteiger partial charge in [0.05, 0.1) is 0 Å². The van der Waals surface area contributed by atoms with E-state index in [9.17, 15) is 17.7 Å². The molecule has 0 radical (unpaired) electrons. The number of halogens is 4. The number of nitrogens with one attached hydrogen (secondary N) is 1. The zero-order chi connectivity index (χ0) is 18.1. The number of alkyl halides is 3. The van der Waals surface area contributed by atoms with Crippen molar-refractivity contribution in [2.75, 3.05) is 6.66 Å². The van der Waals surface area contributed by atoms with Crippen LogP contribution in [0.15, 0.2) is 22.7 Å². The van der Waals surface area contributed by atoms with Crippen molar-refractivity contribution in [1.29, 1.82) is 0 Å². The van der Waals surface area contributed by atoms with Gasteiger partial charge in [-0.3, -0.25) is 5.09 Å². The Labute approximate surface area is 142 Å². The quantitative estimate of drug-likeness (QED) is 0.586. The van der Waals surface area contributed by atoms with Gasteiger partial charge in [0.2, 0.25) is 5.82 Å². The Kier molecular flexibility index (Phi) is 5.42. The molecule has 2 aromatic rings. The van der Waals surface area contributed by atoms with E-state index in [1.165, 1.54) is 18.8 Å². The van der Waals surface area contributed by atoms with Gasteiger partial charge in [-0.1, -0.05) is 17.3 Å². The Bertz CT molecular complexity index is 777. The molecular formula is C14H16ClF3N3O2P. The molecular weight excluding hydrogens is 366 g/mol. The highest BCUT2D eigenvalue weighted by atomic mass is 35.5. The predicted octanol–water partition coefficient (Wildman–Crippen LogP) is 4.57. The molecule has 1 N–H and O–H groups in total. The summed E-state index contributed by atoms with van der Waals surface area (Å²) in [5.74, 6) is -1.91. The third-order valence-corrected chi connectivity index (χ3v) is 5.15. The van der Waals surface area contributed by atoms with E-state index in [4.69, 9.17) is 11.6 Å². The molecule has 1 atom stereocenters. The van der Waals surface area contributed by atoms with Gasteiger partial charge in [-0.25, -0.2) is 4.39 Å². The van der Waals surface area contributed by atoms with E-state index in [1.54, 1.807) is 0 Å². The number of benzene rings is 1. The third kappa shape index (κ3) is 4.82. The summed E-state index contributed by atoms with van der Waals surface area (Å²) >= 11 is 4.79. The molecule has 1 heterocycles. The second-order valence-corrected chi connectivity index (χ2v) is 9.02. The zero-order valence-corrected chi connectivity index (χ0v) is 14.8. The van der Waals surface area contributed by atoms with E-state index < -0.39 is 24.4 Å². The standard InChI is InChI=1S/C14H16ClF3N3O2P/c1-8(2)21-24(3,22)7-10-5-4-9(6-11(10)16)12-19-13(23-20-12)14(15,17)18/h4-6,8H,7H2,1-3H3,(H,21,22). The molecule has 0 spiro atoms. The minimum Gasteiger partial charge on any atom is -0.331 e. The van der Waals surface area contributed by atoms with Crippen molar-refractivity contribution in [3.05, 3.63) is 35.5 Å². The van der Waals surface area contributed by atoms with E-state index in [-0.39, 0.29) is 29.2 Å². The molecule has 0 saturated heterocycles. The molecule has 2 rings (SSSR count). The zero-order valence-electron chi connectivity index (χ0n) is 13.2. The second-order valence-electron chi connectivity index (χ2n) is 5.77. The van der Waals surface area contributed by atoms with Crippen LogP contribution < -0.4 is 5.09 Å². The van der Waals surface area contributed by atoms with Crippen LogP contribution in [0.4, 0.5) is 13.2 Å². The van der Waals surface area contributed by atoms with E-state index in [2.05, 4.69) is 19.8 Å². The Morgan fingerprint density at radius 3 is 2.58 bits per heavy atom. The van der Waals surface area contributed by atoms with Gasteiger partial charge in [0.25, 0.3) is 0 Å². The van der Waals surface area contributed by atoms with Gasteiger partial charge < -0.3 is 9.09 Å². The highest BCUT2D eigenvalue weighted by molar-refractivity contribution is 7.60. The Morgan fingerprint density at radius 1 is 1.42 bits per heavy atom. The first-order chi connectivity index (χ1) is 11.0. The molecule has 1 aromatic heterocycles. The fraction of sp³-hybridized carbons (Fsp3) is 0.429. The lowest BCUT2D eigenvalue weighted by atomic mass is 10.1. The lowest BCUT2D eigenvalue weighted by Gasteiger charge is -2.18. The maximum atomic E-state index is 14.2. The molecule has 0 amide bonds. The Balaban J connectivity index is 2.24. The summed E-state index contributed by atoms with van der Waals surface area (Å²) in [5, 5.41) is 2.47. The SMILES string of the molecule is CC(C)NP(C)(=O)Cc1ccc(-c2noc(C(F)(F)Cl)n2)cc1F. The number of hydrogen-bond donors (Lipinski definition) is 1. The minimum atomic E-state index is -3.79. The molecule has 0 fully saturated rings. The van der Waals surface area contributed by atoms with Crippen LogP contribution in [-0.2, 0) is 16.1 Å². The normalized spacial score (nSPS) is 14.8. The Hall–Kier alpha value is -1.37. The van der Waals surface area contributed by atoms with Crippen LogP contribution in [0, 0.1) is 5.82 Å². The summed E-state index contributed by atoms with van der Waals surface area (Å²) in [6.45, 7) is 5.22. The van der Waals surface area contributed by atoms with Crippen molar-refractivity contribution in [2.45, 2.75) is 31.4 Å².